The molecule has 7 rings (SSSR count). The quantitative estimate of drug-likeness (QED) is 0.133. The Morgan fingerprint density at radius 2 is 2.04 bits per heavy atom. The molecule has 3 aromatic rings. The second-order valence-corrected chi connectivity index (χ2v) is 15.0. The molecule has 2 aromatic carbocycles. The Balaban J connectivity index is 1.08. The van der Waals surface area contributed by atoms with E-state index in [0.717, 1.165) is 92.0 Å². The van der Waals surface area contributed by atoms with Crippen LogP contribution in [0, 0.1) is 11.8 Å². The Bertz CT molecular complexity index is 1560. The van der Waals surface area contributed by atoms with Crippen molar-refractivity contribution in [2.45, 2.75) is 80.8 Å². The van der Waals surface area contributed by atoms with E-state index in [1.807, 2.05) is 30.3 Å². The molecule has 8 nitrogen and oxygen atoms in total. The van der Waals surface area contributed by atoms with E-state index in [1.54, 1.807) is 24.2 Å². The van der Waals surface area contributed by atoms with Crippen molar-refractivity contribution in [3.8, 4) is 5.75 Å². The first-order valence-corrected chi connectivity index (χ1v) is 18.3. The first-order chi connectivity index (χ1) is 22.9. The van der Waals surface area contributed by atoms with Gasteiger partial charge in [0, 0.05) is 54.7 Å². The second kappa shape index (κ2) is 14.3. The van der Waals surface area contributed by atoms with Gasteiger partial charge < -0.3 is 23.8 Å². The maximum Gasteiger partial charge on any atom is 0.337 e. The number of hydrogen-bond donors (Lipinski definition) is 0. The fourth-order valence-electron chi connectivity index (χ4n) is 8.09. The highest BCUT2D eigenvalue weighted by atomic mass is 35.5. The van der Waals surface area contributed by atoms with Crippen LogP contribution >= 0.6 is 23.4 Å². The van der Waals surface area contributed by atoms with Crippen LogP contribution in [0.25, 0.3) is 0 Å². The molecule has 3 heterocycles. The van der Waals surface area contributed by atoms with Crippen LogP contribution in [0.4, 0.5) is 5.69 Å². The molecule has 1 aromatic heterocycles. The molecule has 0 amide bonds. The zero-order valence-electron chi connectivity index (χ0n) is 27.2. The molecule has 1 saturated heterocycles. The van der Waals surface area contributed by atoms with Gasteiger partial charge in [0.15, 0.2) is 5.16 Å². The van der Waals surface area contributed by atoms with E-state index in [9.17, 15) is 4.79 Å². The van der Waals surface area contributed by atoms with Crippen LogP contribution in [0.15, 0.2) is 60.0 Å². The van der Waals surface area contributed by atoms with Gasteiger partial charge >= 0.3 is 5.97 Å². The maximum absolute atomic E-state index is 12.6. The summed E-state index contributed by atoms with van der Waals surface area (Å²) in [6, 6.07) is 13.9. The van der Waals surface area contributed by atoms with E-state index >= 15 is 0 Å². The number of rotatable bonds is 9. The van der Waals surface area contributed by atoms with Crippen molar-refractivity contribution >= 4 is 35.0 Å². The van der Waals surface area contributed by atoms with Gasteiger partial charge in [-0.05, 0) is 105 Å². The second-order valence-electron chi connectivity index (χ2n) is 13.6. The highest BCUT2D eigenvalue weighted by Crippen LogP contribution is 2.47. The average Bonchev–Trinajstić information content (AvgIpc) is 3.22. The number of methoxy groups -OCH3 is 1. The molecule has 0 bridgehead atoms. The molecule has 250 valence electrons. The molecule has 10 heteroatoms. The topological polar surface area (TPSA) is 83.0 Å². The lowest BCUT2D eigenvalue weighted by Gasteiger charge is -2.48. The molecule has 0 N–H and O–H groups in total. The number of aromatic nitrogens is 2. The third-order valence-electron chi connectivity index (χ3n) is 10.5. The normalized spacial score (nSPS) is 27.5. The number of fused-ring (bicyclic) bond motifs is 3. The number of nitrogens with zero attached hydrogens (tertiary/aromatic N) is 3. The van der Waals surface area contributed by atoms with Crippen LogP contribution < -0.4 is 9.64 Å². The van der Waals surface area contributed by atoms with Crippen molar-refractivity contribution in [3.05, 3.63) is 76.6 Å². The average molecular weight is 678 g/mol. The molecule has 6 atom stereocenters. The lowest BCUT2D eigenvalue weighted by Crippen LogP contribution is -2.51. The third-order valence-corrected chi connectivity index (χ3v) is 11.9. The standard InChI is InChI=1S/C37H44ClN3O5S/c1-24(21-47-36-39-14-4-15-40-36)46-29-12-16-44-34(19-29)30-9-6-27(30)20-41-22-37(13-3-5-25-17-28(38)8-10-31(25)37)23-45-33-11-7-26(18-32(33)41)35(42)43-2/h4,7-8,10-11,14-15,17-18,24,27,29-30,34H,3,5-6,9,12-13,16,19-23H2,1-2H3/t24-,27+,29-,30-,34-,37+/m1/s1. The van der Waals surface area contributed by atoms with E-state index in [2.05, 4.69) is 33.9 Å². The van der Waals surface area contributed by atoms with E-state index in [0.29, 0.717) is 24.0 Å². The number of carbonyl (C=O) groups is 1. The first kappa shape index (κ1) is 32.7. The molecule has 2 aliphatic carbocycles. The smallest absolute Gasteiger partial charge is 0.337 e. The van der Waals surface area contributed by atoms with E-state index in [1.165, 1.54) is 18.2 Å². The minimum absolute atomic E-state index is 0.104. The van der Waals surface area contributed by atoms with Crippen molar-refractivity contribution in [2.24, 2.45) is 11.8 Å². The number of aryl methyl sites for hydroxylation is 1. The van der Waals surface area contributed by atoms with Gasteiger partial charge in [-0.3, -0.25) is 0 Å². The lowest BCUT2D eigenvalue weighted by atomic mass is 9.67. The number of carbonyl (C=O) groups excluding carboxylic acids is 1. The Hall–Kier alpha value is -2.85. The lowest BCUT2D eigenvalue weighted by molar-refractivity contribution is -0.126. The number of esters is 1. The summed E-state index contributed by atoms with van der Waals surface area (Å²) in [6.07, 6.45) is 11.3. The molecule has 2 aliphatic heterocycles. The SMILES string of the molecule is COC(=O)c1ccc2c(c1)N(C[C@@H]1CC[C@H]1[C@H]1C[C@H](O[C@H](C)CSc3ncccn3)CCO1)C[C@@]1(CCCc3cc(Cl)ccc31)CO2. The van der Waals surface area contributed by atoms with Gasteiger partial charge in [-0.2, -0.15) is 0 Å². The number of halogens is 1. The number of ether oxygens (including phenoxy) is 4. The van der Waals surface area contributed by atoms with Crippen molar-refractivity contribution in [1.82, 2.24) is 9.97 Å². The molecular weight excluding hydrogens is 634 g/mol. The molecule has 47 heavy (non-hydrogen) atoms. The van der Waals surface area contributed by atoms with Crippen LogP contribution in [-0.2, 0) is 26.0 Å². The fraction of sp³-hybridized carbons (Fsp3) is 0.541. The monoisotopic (exact) mass is 677 g/mol. The largest absolute Gasteiger partial charge is 0.490 e. The van der Waals surface area contributed by atoms with E-state index < -0.39 is 0 Å². The van der Waals surface area contributed by atoms with Crippen LogP contribution in [-0.4, -0.2) is 73.4 Å². The molecule has 4 aliphatic rings. The number of hydrogen-bond acceptors (Lipinski definition) is 9. The van der Waals surface area contributed by atoms with Gasteiger partial charge in [0.1, 0.15) is 5.75 Å². The molecular formula is C37H44ClN3O5S. The summed E-state index contributed by atoms with van der Waals surface area (Å²) in [5.41, 5.74) is 4.00. The van der Waals surface area contributed by atoms with Crippen molar-refractivity contribution in [2.75, 3.05) is 44.1 Å². The first-order valence-electron chi connectivity index (χ1n) is 17.0. The summed E-state index contributed by atoms with van der Waals surface area (Å²) in [7, 11) is 1.43. The third kappa shape index (κ3) is 7.14. The Morgan fingerprint density at radius 3 is 2.85 bits per heavy atom. The molecule has 0 radical (unpaired) electrons. The van der Waals surface area contributed by atoms with E-state index in [-0.39, 0.29) is 29.7 Å². The summed E-state index contributed by atoms with van der Waals surface area (Å²) >= 11 is 8.09. The highest BCUT2D eigenvalue weighted by molar-refractivity contribution is 7.99. The van der Waals surface area contributed by atoms with Gasteiger partial charge in [-0.1, -0.05) is 29.4 Å². The number of thioether (sulfide) groups is 1. The van der Waals surface area contributed by atoms with Gasteiger partial charge in [0.2, 0.25) is 0 Å². The summed E-state index contributed by atoms with van der Waals surface area (Å²) in [4.78, 5) is 23.8. The minimum atomic E-state index is -0.337. The minimum Gasteiger partial charge on any atom is -0.490 e. The Labute approximate surface area is 286 Å². The van der Waals surface area contributed by atoms with Gasteiger partial charge in [0.05, 0.1) is 43.3 Å². The van der Waals surface area contributed by atoms with Gasteiger partial charge in [0.25, 0.3) is 0 Å². The fourth-order valence-corrected chi connectivity index (χ4v) is 9.02. The van der Waals surface area contributed by atoms with Crippen molar-refractivity contribution < 1.29 is 23.7 Å². The van der Waals surface area contributed by atoms with Crippen molar-refractivity contribution in [1.29, 1.82) is 0 Å². The Morgan fingerprint density at radius 1 is 1.17 bits per heavy atom. The van der Waals surface area contributed by atoms with Crippen molar-refractivity contribution in [3.63, 3.8) is 0 Å². The zero-order valence-corrected chi connectivity index (χ0v) is 28.8. The predicted molar refractivity (Wildman–Crippen MR) is 184 cm³/mol. The summed E-state index contributed by atoms with van der Waals surface area (Å²) in [5, 5.41) is 1.57. The van der Waals surface area contributed by atoms with Crippen LogP contribution in [0.3, 0.4) is 0 Å². The summed E-state index contributed by atoms with van der Waals surface area (Å²) < 4.78 is 24.7. The molecule has 0 unspecified atom stereocenters. The van der Waals surface area contributed by atoms with Crippen LogP contribution in [0.2, 0.25) is 5.02 Å². The summed E-state index contributed by atoms with van der Waals surface area (Å²) in [6.45, 7) is 5.16. The molecule has 1 saturated carbocycles. The van der Waals surface area contributed by atoms with Crippen LogP contribution in [0.1, 0.15) is 66.9 Å². The zero-order chi connectivity index (χ0) is 32.4. The van der Waals surface area contributed by atoms with Gasteiger partial charge in [-0.25, -0.2) is 14.8 Å². The number of benzene rings is 2. The van der Waals surface area contributed by atoms with Crippen LogP contribution in [0.5, 0.6) is 5.75 Å². The van der Waals surface area contributed by atoms with Gasteiger partial charge in [-0.15, -0.1) is 0 Å². The number of anilines is 1. The predicted octanol–water partition coefficient (Wildman–Crippen LogP) is 7.16. The highest BCUT2D eigenvalue weighted by Gasteiger charge is 2.45. The maximum atomic E-state index is 12.6. The molecule has 2 fully saturated rings. The summed E-state index contributed by atoms with van der Waals surface area (Å²) in [5.74, 6) is 2.24. The Kier molecular flexibility index (Phi) is 9.96. The molecule has 1 spiro atoms. The van der Waals surface area contributed by atoms with E-state index in [4.69, 9.17) is 30.5 Å².